The molecule has 3 aliphatic heterocycles. The van der Waals surface area contributed by atoms with Gasteiger partial charge in [-0.1, -0.05) is 18.7 Å². The fourth-order valence-electron chi connectivity index (χ4n) is 4.33. The predicted molar refractivity (Wildman–Crippen MR) is 147 cm³/mol. The van der Waals surface area contributed by atoms with Crippen molar-refractivity contribution in [1.29, 1.82) is 0 Å². The normalized spacial score (nSPS) is 18.7. The van der Waals surface area contributed by atoms with E-state index >= 15 is 0 Å². The Morgan fingerprint density at radius 1 is 1.32 bits per heavy atom. The van der Waals surface area contributed by atoms with Crippen LogP contribution in [0.15, 0.2) is 56.8 Å². The van der Waals surface area contributed by atoms with Crippen molar-refractivity contribution in [2.45, 2.75) is 62.9 Å². The number of aromatic nitrogens is 1. The van der Waals surface area contributed by atoms with Gasteiger partial charge in [-0.3, -0.25) is 4.79 Å². The topological polar surface area (TPSA) is 114 Å². The lowest BCUT2D eigenvalue weighted by molar-refractivity contribution is -0.122. The number of benzene rings is 1. The molecule has 1 atom stereocenters. The molecular weight excluding hydrogens is 508 g/mol. The number of hydrogen-bond donors (Lipinski definition) is 3. The van der Waals surface area contributed by atoms with Crippen LogP contribution in [0.3, 0.4) is 0 Å². The maximum atomic E-state index is 12.7. The smallest absolute Gasteiger partial charge is 0.231 e. The first kappa shape index (κ1) is 25.5. The molecule has 0 bridgehead atoms. The third-order valence-corrected chi connectivity index (χ3v) is 8.07. The highest BCUT2D eigenvalue weighted by atomic mass is 32.2. The van der Waals surface area contributed by atoms with E-state index in [4.69, 9.17) is 20.2 Å². The van der Waals surface area contributed by atoms with Gasteiger partial charge in [-0.25, -0.2) is 9.98 Å². The first-order valence-electron chi connectivity index (χ1n) is 12.3. The third kappa shape index (κ3) is 5.57. The van der Waals surface area contributed by atoms with Crippen molar-refractivity contribution in [2.75, 3.05) is 13.3 Å². The number of nitrogens with zero attached hydrogens (tertiary/aromatic N) is 3. The molecule has 1 fully saturated rings. The molecule has 0 aliphatic carbocycles. The molecule has 0 saturated carbocycles. The van der Waals surface area contributed by atoms with Gasteiger partial charge in [0.1, 0.15) is 5.01 Å². The summed E-state index contributed by atoms with van der Waals surface area (Å²) in [4.78, 5) is 25.2. The quantitative estimate of drug-likeness (QED) is 0.474. The van der Waals surface area contributed by atoms with Crippen LogP contribution in [0, 0.1) is 0 Å². The molecule has 2 aromatic rings. The largest absolute Gasteiger partial charge is 0.454 e. The second-order valence-electron chi connectivity index (χ2n) is 10.1. The van der Waals surface area contributed by atoms with Gasteiger partial charge in [0.2, 0.25) is 12.7 Å². The zero-order valence-electron chi connectivity index (χ0n) is 21.5. The van der Waals surface area contributed by atoms with Crippen LogP contribution >= 0.6 is 23.1 Å². The Kier molecular flexibility index (Phi) is 7.09. The molecule has 1 aromatic heterocycles. The highest BCUT2D eigenvalue weighted by molar-refractivity contribution is 8.00. The minimum atomic E-state index is -0.294. The fraction of sp³-hybridized carbons (Fsp3) is 0.423. The van der Waals surface area contributed by atoms with Crippen molar-refractivity contribution in [2.24, 2.45) is 10.7 Å². The number of nitrogens with two attached hydrogens (primary N) is 1. The third-order valence-electron chi connectivity index (χ3n) is 6.08. The maximum Gasteiger partial charge on any atom is 0.231 e. The van der Waals surface area contributed by atoms with Gasteiger partial charge in [0, 0.05) is 58.9 Å². The van der Waals surface area contributed by atoms with E-state index < -0.39 is 0 Å². The van der Waals surface area contributed by atoms with E-state index in [2.05, 4.69) is 27.4 Å². The van der Waals surface area contributed by atoms with Crippen molar-refractivity contribution < 1.29 is 14.3 Å². The molecule has 0 radical (unpaired) electrons. The van der Waals surface area contributed by atoms with Crippen LogP contribution < -0.4 is 25.8 Å². The Bertz CT molecular complexity index is 1280. The summed E-state index contributed by atoms with van der Waals surface area (Å²) in [5.41, 5.74) is 9.75. The molecule has 3 aliphatic rings. The van der Waals surface area contributed by atoms with Gasteiger partial charge >= 0.3 is 0 Å². The van der Waals surface area contributed by atoms with Crippen molar-refractivity contribution in [3.8, 4) is 22.1 Å². The molecule has 4 heterocycles. The van der Waals surface area contributed by atoms with Crippen molar-refractivity contribution >= 4 is 34.8 Å². The summed E-state index contributed by atoms with van der Waals surface area (Å²) in [6.07, 6.45) is 5.57. The molecule has 9 nitrogen and oxygen atoms in total. The van der Waals surface area contributed by atoms with Crippen LogP contribution in [-0.2, 0) is 4.79 Å². The number of thioether (sulfide) groups is 1. The molecule has 37 heavy (non-hydrogen) atoms. The van der Waals surface area contributed by atoms with Crippen LogP contribution in [0.4, 0.5) is 0 Å². The van der Waals surface area contributed by atoms with Crippen LogP contribution in [-0.4, -0.2) is 46.0 Å². The summed E-state index contributed by atoms with van der Waals surface area (Å²) in [6, 6.07) is 3.98. The molecule has 5 rings (SSSR count). The van der Waals surface area contributed by atoms with Crippen molar-refractivity contribution in [3.63, 3.8) is 0 Å². The highest BCUT2D eigenvalue weighted by Crippen LogP contribution is 2.45. The summed E-state index contributed by atoms with van der Waals surface area (Å²) in [5, 5.41) is 9.51. The average molecular weight is 541 g/mol. The molecule has 1 unspecified atom stereocenters. The van der Waals surface area contributed by atoms with Crippen LogP contribution in [0.25, 0.3) is 10.6 Å². The molecule has 4 N–H and O–H groups in total. The van der Waals surface area contributed by atoms with Gasteiger partial charge in [-0.05, 0) is 44.9 Å². The minimum absolute atomic E-state index is 0.00721. The summed E-state index contributed by atoms with van der Waals surface area (Å²) in [7, 11) is 0. The number of thiazole rings is 1. The Hall–Kier alpha value is -3.18. The summed E-state index contributed by atoms with van der Waals surface area (Å²) in [5.74, 6) is 2.17. The number of ether oxygens (including phenoxy) is 2. The lowest BCUT2D eigenvalue weighted by Crippen LogP contribution is -2.43. The van der Waals surface area contributed by atoms with Gasteiger partial charge in [0.25, 0.3) is 0 Å². The number of allylic oxidation sites excluding steroid dienone is 1. The average Bonchev–Trinajstić information content (AvgIpc) is 3.57. The Morgan fingerprint density at radius 2 is 2.11 bits per heavy atom. The zero-order chi connectivity index (χ0) is 26.2. The SMILES string of the molecule is CCC1=CN=C2C(=C(N)C1)NC(Sc1cc3c(cc1-c1nccs1)OCO3)N2CCC(=O)NC(C)(C)C. The number of carbonyl (C=O) groups excluding carboxylic acids is 1. The number of carbonyl (C=O) groups is 1. The monoisotopic (exact) mass is 540 g/mol. The van der Waals surface area contributed by atoms with E-state index in [1.807, 2.05) is 44.5 Å². The fourth-order valence-corrected chi connectivity index (χ4v) is 6.27. The first-order valence-corrected chi connectivity index (χ1v) is 14.1. The Balaban J connectivity index is 1.48. The van der Waals surface area contributed by atoms with Crippen LogP contribution in [0.1, 0.15) is 47.0 Å². The zero-order valence-corrected chi connectivity index (χ0v) is 23.1. The van der Waals surface area contributed by atoms with Gasteiger partial charge in [0.15, 0.2) is 22.8 Å². The Labute approximate surface area is 225 Å². The molecule has 11 heteroatoms. The van der Waals surface area contributed by atoms with Crippen LogP contribution in [0.2, 0.25) is 0 Å². The van der Waals surface area contributed by atoms with Gasteiger partial charge in [-0.2, -0.15) is 0 Å². The minimum Gasteiger partial charge on any atom is -0.454 e. The van der Waals surface area contributed by atoms with E-state index in [1.165, 1.54) is 5.57 Å². The molecule has 196 valence electrons. The van der Waals surface area contributed by atoms with E-state index in [9.17, 15) is 4.79 Å². The number of rotatable bonds is 7. The lowest BCUT2D eigenvalue weighted by Gasteiger charge is -2.26. The van der Waals surface area contributed by atoms with E-state index in [1.54, 1.807) is 29.3 Å². The number of nitrogens with one attached hydrogen (secondary N) is 2. The molecular formula is C26H32N6O3S2. The number of aliphatic imine (C=N–C) groups is 1. The summed E-state index contributed by atoms with van der Waals surface area (Å²) >= 11 is 3.19. The summed E-state index contributed by atoms with van der Waals surface area (Å²) in [6.45, 7) is 8.72. The molecule has 1 saturated heterocycles. The standard InChI is InChI=1S/C26H32N6O3S2/c1-5-15-10-17(27)22-23(29-13-15)32(8-6-21(33)31-26(2,3)4)25(30-22)37-20-12-19-18(34-14-35-19)11-16(20)24-28-7-9-36-24/h7,9,11-13,25,30H,5-6,8,10,14,27H2,1-4H3,(H,31,33). The predicted octanol–water partition coefficient (Wildman–Crippen LogP) is 4.39. The molecule has 1 aromatic carbocycles. The van der Waals surface area contributed by atoms with Gasteiger partial charge in [0.05, 0.1) is 5.70 Å². The van der Waals surface area contributed by atoms with Crippen LogP contribution in [0.5, 0.6) is 11.5 Å². The van der Waals surface area contributed by atoms with Gasteiger partial charge in [-0.15, -0.1) is 11.3 Å². The second kappa shape index (κ2) is 10.3. The number of amides is 1. The van der Waals surface area contributed by atoms with Gasteiger partial charge < -0.3 is 30.7 Å². The van der Waals surface area contributed by atoms with E-state index in [0.29, 0.717) is 30.9 Å². The number of amidine groups is 1. The second-order valence-corrected chi connectivity index (χ2v) is 12.1. The molecule has 1 amide bonds. The van der Waals surface area contributed by atoms with Crippen molar-refractivity contribution in [1.82, 2.24) is 20.5 Å². The maximum absolute atomic E-state index is 12.7. The van der Waals surface area contributed by atoms with E-state index in [0.717, 1.165) is 39.1 Å². The lowest BCUT2D eigenvalue weighted by atomic mass is 10.1. The highest BCUT2D eigenvalue weighted by Gasteiger charge is 2.37. The Morgan fingerprint density at radius 3 is 2.81 bits per heavy atom. The summed E-state index contributed by atoms with van der Waals surface area (Å²) < 4.78 is 11.3. The van der Waals surface area contributed by atoms with E-state index in [-0.39, 0.29) is 23.7 Å². The molecule has 0 spiro atoms. The number of hydrogen-bond acceptors (Lipinski definition) is 10. The van der Waals surface area contributed by atoms with Crippen molar-refractivity contribution in [3.05, 3.63) is 46.9 Å². The first-order chi connectivity index (χ1) is 17.7. The number of fused-ring (bicyclic) bond motifs is 2.